The van der Waals surface area contributed by atoms with Crippen molar-refractivity contribution < 1.29 is 5.11 Å². The van der Waals surface area contributed by atoms with Crippen molar-refractivity contribution in [2.45, 2.75) is 38.2 Å². The average Bonchev–Trinajstić information content (AvgIpc) is 2.02. The lowest BCUT2D eigenvalue weighted by atomic mass is 10.1. The summed E-state index contributed by atoms with van der Waals surface area (Å²) in [6.07, 6.45) is 6.24. The molecule has 0 aromatic rings. The van der Waals surface area contributed by atoms with E-state index in [1.54, 1.807) is 0 Å². The Balaban J connectivity index is 2.15. The van der Waals surface area contributed by atoms with Crippen LogP contribution in [0.2, 0.25) is 0 Å². The van der Waals surface area contributed by atoms with Gasteiger partial charge in [0.15, 0.2) is 0 Å². The first-order chi connectivity index (χ1) is 4.89. The molecular weight excluding hydrogens is 144 g/mol. The molecule has 10 heavy (non-hydrogen) atoms. The molecule has 1 nitrogen and oxygen atoms in total. The molecule has 0 saturated carbocycles. The minimum atomic E-state index is -0.0249. The minimum Gasteiger partial charge on any atom is -0.392 e. The summed E-state index contributed by atoms with van der Waals surface area (Å²) in [6, 6.07) is 0. The molecule has 1 unspecified atom stereocenters. The molecule has 1 atom stereocenters. The van der Waals surface area contributed by atoms with Crippen LogP contribution in [-0.2, 0) is 0 Å². The van der Waals surface area contributed by atoms with Crippen molar-refractivity contribution in [1.29, 1.82) is 0 Å². The first kappa shape index (κ1) is 8.41. The number of hydrogen-bond acceptors (Lipinski definition) is 2. The number of hydrogen-bond donors (Lipinski definition) is 1. The summed E-state index contributed by atoms with van der Waals surface area (Å²) in [7, 11) is 0. The van der Waals surface area contributed by atoms with Crippen LogP contribution in [0.5, 0.6) is 0 Å². The Kier molecular flexibility index (Phi) is 4.23. The third kappa shape index (κ3) is 3.47. The Labute approximate surface area is 67.2 Å². The van der Waals surface area contributed by atoms with E-state index < -0.39 is 0 Å². The molecule has 0 aromatic carbocycles. The molecule has 0 amide bonds. The molecule has 1 aliphatic rings. The zero-order valence-electron chi connectivity index (χ0n) is 6.38. The van der Waals surface area contributed by atoms with Crippen LogP contribution < -0.4 is 0 Å². The van der Waals surface area contributed by atoms with E-state index in [1.807, 2.05) is 11.8 Å². The van der Waals surface area contributed by atoms with Crippen molar-refractivity contribution in [3.8, 4) is 0 Å². The fourth-order valence-corrected chi connectivity index (χ4v) is 2.25. The van der Waals surface area contributed by atoms with Crippen LogP contribution >= 0.6 is 11.8 Å². The second-order valence-corrected chi connectivity index (χ2v) is 4.08. The monoisotopic (exact) mass is 160 g/mol. The zero-order valence-corrected chi connectivity index (χ0v) is 7.20. The van der Waals surface area contributed by atoms with Gasteiger partial charge in [-0.2, -0.15) is 11.8 Å². The third-order valence-electron chi connectivity index (χ3n) is 1.89. The number of rotatable bonds is 0. The van der Waals surface area contributed by atoms with E-state index in [9.17, 15) is 5.11 Å². The molecular formula is C8H16OS. The molecule has 60 valence electrons. The summed E-state index contributed by atoms with van der Waals surface area (Å²) >= 11 is 1.90. The minimum absolute atomic E-state index is 0.0249. The van der Waals surface area contributed by atoms with Gasteiger partial charge < -0.3 is 5.11 Å². The second kappa shape index (κ2) is 5.03. The highest BCUT2D eigenvalue weighted by atomic mass is 32.2. The molecule has 0 radical (unpaired) electrons. The molecule has 0 spiro atoms. The van der Waals surface area contributed by atoms with Crippen molar-refractivity contribution in [2.75, 3.05) is 11.5 Å². The molecule has 2 heteroatoms. The third-order valence-corrected chi connectivity index (χ3v) is 3.08. The van der Waals surface area contributed by atoms with Crippen molar-refractivity contribution in [1.82, 2.24) is 0 Å². The van der Waals surface area contributed by atoms with Gasteiger partial charge >= 0.3 is 0 Å². The Morgan fingerprint density at radius 1 is 1.10 bits per heavy atom. The average molecular weight is 160 g/mol. The van der Waals surface area contributed by atoms with Gasteiger partial charge in [-0.1, -0.05) is 19.3 Å². The van der Waals surface area contributed by atoms with E-state index >= 15 is 0 Å². The standard InChI is InChI=1S/C8H16OS/c9-8-5-3-1-2-4-6-10-7-8/h8-9H,1-7H2. The maximum absolute atomic E-state index is 9.32. The normalized spacial score (nSPS) is 30.3. The van der Waals surface area contributed by atoms with Gasteiger partial charge in [-0.05, 0) is 18.6 Å². The molecule has 0 bridgehead atoms. The van der Waals surface area contributed by atoms with Crippen LogP contribution in [-0.4, -0.2) is 22.7 Å². The molecule has 0 aliphatic carbocycles. The van der Waals surface area contributed by atoms with Crippen LogP contribution in [0.1, 0.15) is 32.1 Å². The second-order valence-electron chi connectivity index (χ2n) is 2.93. The van der Waals surface area contributed by atoms with E-state index in [0.29, 0.717) is 0 Å². The largest absolute Gasteiger partial charge is 0.392 e. The molecule has 0 aromatic heterocycles. The Morgan fingerprint density at radius 3 is 2.80 bits per heavy atom. The number of aliphatic hydroxyl groups excluding tert-OH is 1. The molecule has 1 fully saturated rings. The van der Waals surface area contributed by atoms with E-state index in [4.69, 9.17) is 0 Å². The predicted octanol–water partition coefficient (Wildman–Crippen LogP) is 2.04. The van der Waals surface area contributed by atoms with Crippen molar-refractivity contribution in [3.05, 3.63) is 0 Å². The maximum Gasteiger partial charge on any atom is 0.0630 e. The van der Waals surface area contributed by atoms with Crippen molar-refractivity contribution >= 4 is 11.8 Å². The smallest absolute Gasteiger partial charge is 0.0630 e. The fourth-order valence-electron chi connectivity index (χ4n) is 1.24. The predicted molar refractivity (Wildman–Crippen MR) is 46.4 cm³/mol. The van der Waals surface area contributed by atoms with Gasteiger partial charge in [0.05, 0.1) is 6.10 Å². The number of aliphatic hydroxyl groups is 1. The summed E-state index contributed by atoms with van der Waals surface area (Å²) < 4.78 is 0. The fraction of sp³-hybridized carbons (Fsp3) is 1.00. The van der Waals surface area contributed by atoms with Gasteiger partial charge in [0.25, 0.3) is 0 Å². The van der Waals surface area contributed by atoms with Crippen LogP contribution in [0.4, 0.5) is 0 Å². The topological polar surface area (TPSA) is 20.2 Å². The van der Waals surface area contributed by atoms with Crippen LogP contribution in [0.15, 0.2) is 0 Å². The van der Waals surface area contributed by atoms with Gasteiger partial charge in [0.1, 0.15) is 0 Å². The van der Waals surface area contributed by atoms with Gasteiger partial charge in [-0.25, -0.2) is 0 Å². The van der Waals surface area contributed by atoms with E-state index in [0.717, 1.165) is 12.2 Å². The lowest BCUT2D eigenvalue weighted by molar-refractivity contribution is 0.185. The molecule has 1 N–H and O–H groups in total. The van der Waals surface area contributed by atoms with E-state index in [1.165, 1.54) is 31.4 Å². The first-order valence-corrected chi connectivity index (χ1v) is 5.31. The van der Waals surface area contributed by atoms with Gasteiger partial charge in [0.2, 0.25) is 0 Å². The van der Waals surface area contributed by atoms with Crippen molar-refractivity contribution in [3.63, 3.8) is 0 Å². The maximum atomic E-state index is 9.32. The Bertz CT molecular complexity index is 75.3. The van der Waals surface area contributed by atoms with Crippen LogP contribution in [0.3, 0.4) is 0 Å². The van der Waals surface area contributed by atoms with Crippen molar-refractivity contribution in [2.24, 2.45) is 0 Å². The molecule has 1 saturated heterocycles. The molecule has 1 aliphatic heterocycles. The van der Waals surface area contributed by atoms with Crippen LogP contribution in [0.25, 0.3) is 0 Å². The summed E-state index contributed by atoms with van der Waals surface area (Å²) in [5.41, 5.74) is 0. The Morgan fingerprint density at radius 2 is 1.90 bits per heavy atom. The number of thioether (sulfide) groups is 1. The molecule has 1 rings (SSSR count). The van der Waals surface area contributed by atoms with E-state index in [2.05, 4.69) is 0 Å². The Hall–Kier alpha value is 0.310. The lowest BCUT2D eigenvalue weighted by Gasteiger charge is -2.06. The quantitative estimate of drug-likeness (QED) is 0.585. The summed E-state index contributed by atoms with van der Waals surface area (Å²) in [5, 5.41) is 9.32. The summed E-state index contributed by atoms with van der Waals surface area (Å²) in [5.74, 6) is 2.21. The van der Waals surface area contributed by atoms with Crippen LogP contribution in [0, 0.1) is 0 Å². The highest BCUT2D eigenvalue weighted by Crippen LogP contribution is 2.15. The zero-order chi connectivity index (χ0) is 7.23. The highest BCUT2D eigenvalue weighted by Gasteiger charge is 2.05. The summed E-state index contributed by atoms with van der Waals surface area (Å²) in [6.45, 7) is 0. The first-order valence-electron chi connectivity index (χ1n) is 4.15. The highest BCUT2D eigenvalue weighted by molar-refractivity contribution is 7.99. The van der Waals surface area contributed by atoms with Gasteiger partial charge in [-0.3, -0.25) is 0 Å². The van der Waals surface area contributed by atoms with Gasteiger partial charge in [0, 0.05) is 5.75 Å². The summed E-state index contributed by atoms with van der Waals surface area (Å²) in [4.78, 5) is 0. The molecule has 1 heterocycles. The van der Waals surface area contributed by atoms with Gasteiger partial charge in [-0.15, -0.1) is 0 Å². The lowest BCUT2D eigenvalue weighted by Crippen LogP contribution is -2.08. The van der Waals surface area contributed by atoms with E-state index in [-0.39, 0.29) is 6.10 Å². The SMILES string of the molecule is OC1CCCCCCSC1.